The Labute approximate surface area is 117 Å². The SMILES string of the molecule is COC(=O)CC(C)SCCN1C(=O)NC(C)(C)C1=O. The summed E-state index contributed by atoms with van der Waals surface area (Å²) in [4.78, 5) is 35.8. The van der Waals surface area contributed by atoms with Gasteiger partial charge in [-0.1, -0.05) is 6.92 Å². The van der Waals surface area contributed by atoms with Gasteiger partial charge >= 0.3 is 12.0 Å². The average molecular weight is 288 g/mol. The molecule has 7 heteroatoms. The van der Waals surface area contributed by atoms with Crippen molar-refractivity contribution >= 4 is 29.7 Å². The number of carbonyl (C=O) groups is 3. The van der Waals surface area contributed by atoms with E-state index in [1.807, 2.05) is 6.92 Å². The normalized spacial score (nSPS) is 19.3. The molecule has 1 aliphatic heterocycles. The molecule has 1 N–H and O–H groups in total. The predicted octanol–water partition coefficient (Wildman–Crippen LogP) is 1.00. The molecule has 0 aromatic carbocycles. The first-order valence-corrected chi connectivity index (χ1v) is 7.15. The van der Waals surface area contributed by atoms with Crippen LogP contribution in [-0.2, 0) is 14.3 Å². The third kappa shape index (κ3) is 4.12. The maximum Gasteiger partial charge on any atom is 0.325 e. The lowest BCUT2D eigenvalue weighted by molar-refractivity contribution is -0.140. The summed E-state index contributed by atoms with van der Waals surface area (Å²) in [6.07, 6.45) is 0.326. The molecule has 1 unspecified atom stereocenters. The maximum atomic E-state index is 11.9. The molecule has 0 aromatic heterocycles. The number of methoxy groups -OCH3 is 1. The van der Waals surface area contributed by atoms with E-state index in [0.29, 0.717) is 18.7 Å². The van der Waals surface area contributed by atoms with E-state index >= 15 is 0 Å². The molecule has 0 aliphatic carbocycles. The number of hydrogen-bond donors (Lipinski definition) is 1. The van der Waals surface area contributed by atoms with Gasteiger partial charge in [-0.05, 0) is 13.8 Å². The smallest absolute Gasteiger partial charge is 0.325 e. The Bertz CT molecular complexity index is 384. The summed E-state index contributed by atoms with van der Waals surface area (Å²) in [6, 6.07) is -0.351. The first kappa shape index (κ1) is 15.8. The van der Waals surface area contributed by atoms with E-state index in [2.05, 4.69) is 10.1 Å². The van der Waals surface area contributed by atoms with Crippen molar-refractivity contribution in [2.75, 3.05) is 19.4 Å². The molecule has 1 rings (SSSR count). The second kappa shape index (κ2) is 6.27. The maximum absolute atomic E-state index is 11.9. The molecule has 0 bridgehead atoms. The number of carbonyl (C=O) groups excluding carboxylic acids is 3. The van der Waals surface area contributed by atoms with E-state index in [1.54, 1.807) is 13.8 Å². The summed E-state index contributed by atoms with van der Waals surface area (Å²) in [5, 5.41) is 2.72. The highest BCUT2D eigenvalue weighted by Gasteiger charge is 2.43. The summed E-state index contributed by atoms with van der Waals surface area (Å²) >= 11 is 1.54. The van der Waals surface area contributed by atoms with Crippen molar-refractivity contribution in [3.63, 3.8) is 0 Å². The Morgan fingerprint density at radius 3 is 2.58 bits per heavy atom. The number of rotatable bonds is 6. The largest absolute Gasteiger partial charge is 0.469 e. The first-order chi connectivity index (χ1) is 8.77. The van der Waals surface area contributed by atoms with Crippen molar-refractivity contribution in [3.05, 3.63) is 0 Å². The van der Waals surface area contributed by atoms with Crippen molar-refractivity contribution in [2.45, 2.75) is 38.0 Å². The van der Waals surface area contributed by atoms with Gasteiger partial charge in [-0.2, -0.15) is 11.8 Å². The molecule has 0 saturated carbocycles. The van der Waals surface area contributed by atoms with E-state index in [9.17, 15) is 14.4 Å². The highest BCUT2D eigenvalue weighted by Crippen LogP contribution is 2.19. The van der Waals surface area contributed by atoms with Gasteiger partial charge in [0.25, 0.3) is 5.91 Å². The fraction of sp³-hybridized carbons (Fsp3) is 0.750. The van der Waals surface area contributed by atoms with Crippen LogP contribution in [-0.4, -0.2) is 53.0 Å². The molecule has 6 nitrogen and oxygen atoms in total. The van der Waals surface area contributed by atoms with Crippen molar-refractivity contribution in [1.82, 2.24) is 10.2 Å². The first-order valence-electron chi connectivity index (χ1n) is 6.10. The van der Waals surface area contributed by atoms with Crippen LogP contribution in [0.4, 0.5) is 4.79 Å². The van der Waals surface area contributed by atoms with Gasteiger partial charge < -0.3 is 10.1 Å². The van der Waals surface area contributed by atoms with E-state index in [4.69, 9.17) is 0 Å². The summed E-state index contributed by atoms with van der Waals surface area (Å²) in [6.45, 7) is 5.63. The summed E-state index contributed by atoms with van der Waals surface area (Å²) in [5.74, 6) is 0.141. The monoisotopic (exact) mass is 288 g/mol. The molecular weight excluding hydrogens is 268 g/mol. The van der Waals surface area contributed by atoms with Gasteiger partial charge in [0.2, 0.25) is 0 Å². The lowest BCUT2D eigenvalue weighted by Gasteiger charge is -2.16. The van der Waals surface area contributed by atoms with E-state index < -0.39 is 5.54 Å². The van der Waals surface area contributed by atoms with Gasteiger partial charge in [0.15, 0.2) is 0 Å². The Kier molecular flexibility index (Phi) is 5.22. The Hall–Kier alpha value is -1.24. The van der Waals surface area contributed by atoms with Crippen molar-refractivity contribution in [2.24, 2.45) is 0 Å². The van der Waals surface area contributed by atoms with Crippen LogP contribution >= 0.6 is 11.8 Å². The molecule has 1 atom stereocenters. The van der Waals surface area contributed by atoms with Crippen LogP contribution in [0.15, 0.2) is 0 Å². The number of esters is 1. The Balaban J connectivity index is 2.36. The van der Waals surface area contributed by atoms with Crippen LogP contribution in [0.1, 0.15) is 27.2 Å². The van der Waals surface area contributed by atoms with Gasteiger partial charge in [0, 0.05) is 17.5 Å². The van der Waals surface area contributed by atoms with Gasteiger partial charge in [0.1, 0.15) is 5.54 Å². The lowest BCUT2D eigenvalue weighted by Crippen LogP contribution is -2.40. The molecule has 0 aromatic rings. The number of hydrogen-bond acceptors (Lipinski definition) is 5. The highest BCUT2D eigenvalue weighted by molar-refractivity contribution is 7.99. The molecular formula is C12H20N2O4S. The van der Waals surface area contributed by atoms with Crippen LogP contribution in [0, 0.1) is 0 Å². The summed E-state index contributed by atoms with van der Waals surface area (Å²) < 4.78 is 4.58. The van der Waals surface area contributed by atoms with Crippen molar-refractivity contribution < 1.29 is 19.1 Å². The van der Waals surface area contributed by atoms with Crippen LogP contribution < -0.4 is 5.32 Å². The fourth-order valence-corrected chi connectivity index (χ4v) is 2.69. The average Bonchev–Trinajstić information content (AvgIpc) is 2.50. The van der Waals surface area contributed by atoms with Crippen LogP contribution in [0.3, 0.4) is 0 Å². The summed E-state index contributed by atoms with van der Waals surface area (Å²) in [5.41, 5.74) is -0.820. The van der Waals surface area contributed by atoms with Crippen molar-refractivity contribution in [3.8, 4) is 0 Å². The highest BCUT2D eigenvalue weighted by atomic mass is 32.2. The van der Waals surface area contributed by atoms with Crippen LogP contribution in [0.2, 0.25) is 0 Å². The minimum Gasteiger partial charge on any atom is -0.469 e. The molecule has 0 radical (unpaired) electrons. The van der Waals surface area contributed by atoms with Crippen LogP contribution in [0.5, 0.6) is 0 Å². The predicted molar refractivity (Wildman–Crippen MR) is 72.9 cm³/mol. The second-order valence-corrected chi connectivity index (χ2v) is 6.52. The molecule has 108 valence electrons. The van der Waals surface area contributed by atoms with Gasteiger partial charge in [-0.15, -0.1) is 0 Å². The molecule has 1 aliphatic rings. The number of nitrogens with zero attached hydrogens (tertiary/aromatic N) is 1. The van der Waals surface area contributed by atoms with Gasteiger partial charge in [-0.25, -0.2) is 4.79 Å². The number of thioether (sulfide) groups is 1. The molecule has 19 heavy (non-hydrogen) atoms. The van der Waals surface area contributed by atoms with Crippen LogP contribution in [0.25, 0.3) is 0 Å². The minimum absolute atomic E-state index is 0.0984. The lowest BCUT2D eigenvalue weighted by atomic mass is 10.1. The van der Waals surface area contributed by atoms with E-state index in [-0.39, 0.29) is 23.2 Å². The molecule has 0 spiro atoms. The molecule has 3 amide bonds. The third-order valence-electron chi connectivity index (χ3n) is 2.84. The standard InChI is InChI=1S/C12H20N2O4S/c1-8(7-9(15)18-4)19-6-5-14-10(16)12(2,3)13-11(14)17/h8H,5-7H2,1-4H3,(H,13,17). The Morgan fingerprint density at radius 1 is 1.47 bits per heavy atom. The minimum atomic E-state index is -0.820. The molecule has 1 fully saturated rings. The number of imide groups is 1. The number of amides is 3. The summed E-state index contributed by atoms with van der Waals surface area (Å²) in [7, 11) is 1.36. The Morgan fingerprint density at radius 2 is 2.11 bits per heavy atom. The zero-order valence-electron chi connectivity index (χ0n) is 11.7. The van der Waals surface area contributed by atoms with Gasteiger partial charge in [-0.3, -0.25) is 14.5 Å². The number of nitrogens with one attached hydrogen (secondary N) is 1. The van der Waals surface area contributed by atoms with E-state index in [1.165, 1.54) is 23.8 Å². The third-order valence-corrected chi connectivity index (χ3v) is 4.00. The van der Waals surface area contributed by atoms with E-state index in [0.717, 1.165) is 0 Å². The van der Waals surface area contributed by atoms with Crippen molar-refractivity contribution in [1.29, 1.82) is 0 Å². The topological polar surface area (TPSA) is 75.7 Å². The number of ether oxygens (including phenoxy) is 1. The second-order valence-electron chi connectivity index (χ2n) is 4.97. The molecule has 1 heterocycles. The van der Waals surface area contributed by atoms with Gasteiger partial charge in [0.05, 0.1) is 13.5 Å². The quantitative estimate of drug-likeness (QED) is 0.583. The zero-order valence-corrected chi connectivity index (χ0v) is 12.5. The fourth-order valence-electron chi connectivity index (χ4n) is 1.74. The zero-order chi connectivity index (χ0) is 14.6. The number of urea groups is 1. The molecule has 1 saturated heterocycles.